The van der Waals surface area contributed by atoms with E-state index in [4.69, 9.17) is 0 Å². The van der Waals surface area contributed by atoms with Crippen LogP contribution < -0.4 is 10.6 Å². The first-order valence-corrected chi connectivity index (χ1v) is 9.04. The number of nitrogens with zero attached hydrogens (tertiary/aromatic N) is 1. The number of carbonyl (C=O) groups is 3. The van der Waals surface area contributed by atoms with Gasteiger partial charge in [0.05, 0.1) is 24.3 Å². The largest absolute Gasteiger partial charge is 0.418 e. The number of nitrogens with one attached hydrogen (secondary N) is 2. The van der Waals surface area contributed by atoms with E-state index < -0.39 is 36.0 Å². The van der Waals surface area contributed by atoms with Crippen LogP contribution in [-0.4, -0.2) is 42.8 Å². The van der Waals surface area contributed by atoms with Crippen LogP contribution in [0.15, 0.2) is 42.5 Å². The summed E-state index contributed by atoms with van der Waals surface area (Å²) in [4.78, 5) is 37.4. The summed E-state index contributed by atoms with van der Waals surface area (Å²) in [5.41, 5.74) is 0.990. The number of hydrogen-bond donors (Lipinski definition) is 2. The van der Waals surface area contributed by atoms with Gasteiger partial charge in [-0.2, -0.15) is 13.2 Å². The Bertz CT molecular complexity index is 958. The molecule has 0 aliphatic rings. The highest BCUT2D eigenvalue weighted by atomic mass is 19.4. The SMILES string of the molecule is Cc1ccc(C(=O)NCC(=O)N(C)CC(=O)Nc2ccccc2C(F)(F)F)cc1C. The van der Waals surface area contributed by atoms with Crippen molar-refractivity contribution in [1.29, 1.82) is 0 Å². The van der Waals surface area contributed by atoms with Crippen LogP contribution in [0.25, 0.3) is 0 Å². The fourth-order valence-electron chi connectivity index (χ4n) is 2.61. The third-order valence-corrected chi connectivity index (χ3v) is 4.48. The number of anilines is 1. The lowest BCUT2D eigenvalue weighted by Crippen LogP contribution is -2.41. The normalized spacial score (nSPS) is 11.0. The number of carbonyl (C=O) groups excluding carboxylic acids is 3. The molecule has 0 saturated heterocycles. The summed E-state index contributed by atoms with van der Waals surface area (Å²) in [7, 11) is 1.32. The number of benzene rings is 2. The van der Waals surface area contributed by atoms with Gasteiger partial charge in [-0.3, -0.25) is 14.4 Å². The first-order valence-electron chi connectivity index (χ1n) is 9.04. The fourth-order valence-corrected chi connectivity index (χ4v) is 2.61. The highest BCUT2D eigenvalue weighted by Gasteiger charge is 2.33. The maximum absolute atomic E-state index is 13.0. The zero-order valence-corrected chi connectivity index (χ0v) is 16.8. The third kappa shape index (κ3) is 6.07. The summed E-state index contributed by atoms with van der Waals surface area (Å²) < 4.78 is 39.0. The molecule has 0 bridgehead atoms. The summed E-state index contributed by atoms with van der Waals surface area (Å²) in [6.07, 6.45) is -4.62. The first kappa shape index (κ1) is 22.9. The van der Waals surface area contributed by atoms with Gasteiger partial charge in [0, 0.05) is 12.6 Å². The maximum Gasteiger partial charge on any atom is 0.418 e. The van der Waals surface area contributed by atoms with Crippen molar-refractivity contribution in [3.05, 3.63) is 64.7 Å². The van der Waals surface area contributed by atoms with Gasteiger partial charge in [0.2, 0.25) is 11.8 Å². The van der Waals surface area contributed by atoms with Crippen molar-refractivity contribution in [3.63, 3.8) is 0 Å². The standard InChI is InChI=1S/C21H22F3N3O3/c1-13-8-9-15(10-14(13)2)20(30)25-11-19(29)27(3)12-18(28)26-17-7-5-4-6-16(17)21(22,23)24/h4-10H,11-12H2,1-3H3,(H,25,30)(H,26,28). The molecular formula is C21H22F3N3O3. The molecule has 0 saturated carbocycles. The minimum Gasteiger partial charge on any atom is -0.343 e. The van der Waals surface area contributed by atoms with Crippen LogP contribution in [0.2, 0.25) is 0 Å². The molecule has 0 aromatic heterocycles. The van der Waals surface area contributed by atoms with E-state index in [9.17, 15) is 27.6 Å². The number of alkyl halides is 3. The van der Waals surface area contributed by atoms with Crippen molar-refractivity contribution >= 4 is 23.4 Å². The van der Waals surface area contributed by atoms with E-state index in [-0.39, 0.29) is 12.2 Å². The Labute approximate surface area is 172 Å². The van der Waals surface area contributed by atoms with Crippen LogP contribution in [0.3, 0.4) is 0 Å². The highest BCUT2D eigenvalue weighted by Crippen LogP contribution is 2.34. The number of rotatable bonds is 6. The van der Waals surface area contributed by atoms with Gasteiger partial charge in [-0.05, 0) is 49.2 Å². The predicted octanol–water partition coefficient (Wildman–Crippen LogP) is 3.15. The van der Waals surface area contributed by atoms with Gasteiger partial charge in [0.15, 0.2) is 0 Å². The minimum absolute atomic E-state index is 0.353. The molecule has 160 valence electrons. The van der Waals surface area contributed by atoms with E-state index in [0.717, 1.165) is 28.2 Å². The lowest BCUT2D eigenvalue weighted by atomic mass is 10.1. The van der Waals surface area contributed by atoms with Gasteiger partial charge in [0.1, 0.15) is 0 Å². The Hall–Kier alpha value is -3.36. The molecule has 9 heteroatoms. The molecule has 0 fully saturated rings. The minimum atomic E-state index is -4.62. The monoisotopic (exact) mass is 421 g/mol. The van der Waals surface area contributed by atoms with Crippen LogP contribution in [-0.2, 0) is 15.8 Å². The zero-order chi connectivity index (χ0) is 22.5. The van der Waals surface area contributed by atoms with Crippen LogP contribution >= 0.6 is 0 Å². The topological polar surface area (TPSA) is 78.5 Å². The molecule has 0 aliphatic carbocycles. The van der Waals surface area contributed by atoms with Crippen molar-refractivity contribution in [2.75, 3.05) is 25.5 Å². The molecule has 2 N–H and O–H groups in total. The Balaban J connectivity index is 1.90. The molecule has 0 spiro atoms. The van der Waals surface area contributed by atoms with Crippen molar-refractivity contribution in [2.24, 2.45) is 0 Å². The van der Waals surface area contributed by atoms with Gasteiger partial charge in [0.25, 0.3) is 5.91 Å². The predicted molar refractivity (Wildman–Crippen MR) is 106 cm³/mol. The van der Waals surface area contributed by atoms with Crippen molar-refractivity contribution in [3.8, 4) is 0 Å². The van der Waals surface area contributed by atoms with Crippen LogP contribution in [0.1, 0.15) is 27.0 Å². The van der Waals surface area contributed by atoms with Crippen molar-refractivity contribution in [1.82, 2.24) is 10.2 Å². The lowest BCUT2D eigenvalue weighted by Gasteiger charge is -2.18. The number of likely N-dealkylation sites (N-methyl/N-ethyl adjacent to an activating group) is 1. The van der Waals surface area contributed by atoms with Gasteiger partial charge >= 0.3 is 6.18 Å². The van der Waals surface area contributed by atoms with Gasteiger partial charge in [-0.15, -0.1) is 0 Å². The highest BCUT2D eigenvalue weighted by molar-refractivity contribution is 5.98. The summed E-state index contributed by atoms with van der Waals surface area (Å²) in [5, 5.41) is 4.63. The second-order valence-corrected chi connectivity index (χ2v) is 6.82. The Kier molecular flexibility index (Phi) is 7.20. The molecule has 0 heterocycles. The summed E-state index contributed by atoms with van der Waals surface area (Å²) in [6.45, 7) is 2.95. The molecule has 30 heavy (non-hydrogen) atoms. The van der Waals surface area contributed by atoms with E-state index in [0.29, 0.717) is 5.56 Å². The van der Waals surface area contributed by atoms with Crippen molar-refractivity contribution < 1.29 is 27.6 Å². The summed E-state index contributed by atoms with van der Waals surface area (Å²) in [6, 6.07) is 9.69. The van der Waals surface area contributed by atoms with E-state index in [1.807, 2.05) is 13.8 Å². The molecule has 0 unspecified atom stereocenters. The molecule has 2 aromatic carbocycles. The fraction of sp³-hybridized carbons (Fsp3) is 0.286. The molecule has 2 rings (SSSR count). The van der Waals surface area contributed by atoms with E-state index in [2.05, 4.69) is 10.6 Å². The molecule has 6 nitrogen and oxygen atoms in total. The maximum atomic E-state index is 13.0. The zero-order valence-electron chi connectivity index (χ0n) is 16.8. The summed E-state index contributed by atoms with van der Waals surface area (Å²) in [5.74, 6) is -1.79. The van der Waals surface area contributed by atoms with Gasteiger partial charge < -0.3 is 15.5 Å². The molecular weight excluding hydrogens is 399 g/mol. The van der Waals surface area contributed by atoms with E-state index >= 15 is 0 Å². The van der Waals surface area contributed by atoms with Gasteiger partial charge in [-0.1, -0.05) is 18.2 Å². The number of aryl methyl sites for hydroxylation is 2. The Morgan fingerprint density at radius 2 is 1.67 bits per heavy atom. The first-order chi connectivity index (χ1) is 14.0. The third-order valence-electron chi connectivity index (χ3n) is 4.48. The lowest BCUT2D eigenvalue weighted by molar-refractivity contribution is -0.137. The molecule has 0 aliphatic heterocycles. The number of para-hydroxylation sites is 1. The molecule has 2 aromatic rings. The van der Waals surface area contributed by atoms with Crippen LogP contribution in [0, 0.1) is 13.8 Å². The average Bonchev–Trinajstić information content (AvgIpc) is 2.67. The Morgan fingerprint density at radius 3 is 2.30 bits per heavy atom. The quantitative estimate of drug-likeness (QED) is 0.752. The van der Waals surface area contributed by atoms with Crippen LogP contribution in [0.5, 0.6) is 0 Å². The number of hydrogen-bond acceptors (Lipinski definition) is 3. The van der Waals surface area contributed by atoms with E-state index in [1.54, 1.807) is 18.2 Å². The van der Waals surface area contributed by atoms with Crippen molar-refractivity contribution in [2.45, 2.75) is 20.0 Å². The Morgan fingerprint density at radius 1 is 1.00 bits per heavy atom. The smallest absolute Gasteiger partial charge is 0.343 e. The van der Waals surface area contributed by atoms with Gasteiger partial charge in [-0.25, -0.2) is 0 Å². The number of amides is 3. The summed E-state index contributed by atoms with van der Waals surface area (Å²) >= 11 is 0. The van der Waals surface area contributed by atoms with E-state index in [1.165, 1.54) is 19.2 Å². The second kappa shape index (κ2) is 9.43. The number of halogens is 3. The molecule has 3 amide bonds. The second-order valence-electron chi connectivity index (χ2n) is 6.82. The van der Waals surface area contributed by atoms with Crippen LogP contribution in [0.4, 0.5) is 18.9 Å². The molecule has 0 radical (unpaired) electrons. The average molecular weight is 421 g/mol. The molecule has 0 atom stereocenters.